The number of anilines is 1. The molecule has 2 N–H and O–H groups in total. The minimum Gasteiger partial charge on any atom is -0.489 e. The Morgan fingerprint density at radius 3 is 2.35 bits per heavy atom. The zero-order chi connectivity index (χ0) is 37.3. The average Bonchev–Trinajstić information content (AvgIpc) is 3.20. The highest BCUT2D eigenvalue weighted by molar-refractivity contribution is 6.03. The lowest BCUT2D eigenvalue weighted by atomic mass is 9.95. The van der Waals surface area contributed by atoms with Crippen LogP contribution in [-0.2, 0) is 38.2 Å². The third kappa shape index (κ3) is 10.3. The smallest absolute Gasteiger partial charge is 0.352 e. The van der Waals surface area contributed by atoms with Crippen molar-refractivity contribution in [3.63, 3.8) is 0 Å². The number of amides is 2. The van der Waals surface area contributed by atoms with Crippen LogP contribution >= 0.6 is 0 Å². The lowest BCUT2D eigenvalue weighted by Gasteiger charge is -2.24. The molecule has 0 spiro atoms. The predicted octanol–water partition coefficient (Wildman–Crippen LogP) is 2.90. The third-order valence-corrected chi connectivity index (χ3v) is 7.06. The first kappa shape index (κ1) is 37.4. The molecule has 2 heterocycles. The van der Waals surface area contributed by atoms with Gasteiger partial charge in [-0.1, -0.05) is 30.0 Å². The lowest BCUT2D eigenvalue weighted by Crippen LogP contribution is -2.49. The summed E-state index contributed by atoms with van der Waals surface area (Å²) in [6, 6.07) is 15.9. The lowest BCUT2D eigenvalue weighted by molar-refractivity contribution is -0.189. The normalized spacial score (nSPS) is 14.9. The van der Waals surface area contributed by atoms with Crippen LogP contribution in [0.5, 0.6) is 17.2 Å². The number of carboxylic acid groups (broad SMARTS) is 1. The number of carboxylic acids is 1. The number of likely N-dealkylation sites (N-methyl/N-ethyl adjacent to an activating group) is 1. The van der Waals surface area contributed by atoms with E-state index in [1.165, 1.54) is 24.2 Å². The highest BCUT2D eigenvalue weighted by Crippen LogP contribution is 2.32. The van der Waals surface area contributed by atoms with E-state index in [1.54, 1.807) is 50.2 Å². The van der Waals surface area contributed by atoms with Gasteiger partial charge < -0.3 is 39.0 Å². The summed E-state index contributed by atoms with van der Waals surface area (Å²) in [7, 11) is 1.53. The van der Waals surface area contributed by atoms with Gasteiger partial charge in [-0.2, -0.15) is 0 Å². The number of esters is 3. The molecular weight excluding hydrogens is 666 g/mol. The van der Waals surface area contributed by atoms with Gasteiger partial charge in [-0.25, -0.2) is 9.59 Å². The van der Waals surface area contributed by atoms with Gasteiger partial charge in [0.25, 0.3) is 11.8 Å². The highest BCUT2D eigenvalue weighted by atomic mass is 16.6. The SMILES string of the molecule is CC(=O)O[C@@H](C(=O)O)[C@@H](OC(C)=O)C(=O)OCC(C)(C)C#Cc1ccc2c(c1)N(C)C(=O)[C@@H](NC(=O)c1cc(Oc3ccccc3)ccn1)CO2. The number of fused-ring (bicyclic) bond motifs is 1. The van der Waals surface area contributed by atoms with Crippen molar-refractivity contribution >= 4 is 41.4 Å². The first-order valence-electron chi connectivity index (χ1n) is 15.4. The minimum absolute atomic E-state index is 0.0412. The molecule has 1 aliphatic rings. The van der Waals surface area contributed by atoms with Gasteiger partial charge >= 0.3 is 23.9 Å². The van der Waals surface area contributed by atoms with Gasteiger partial charge in [-0.15, -0.1) is 0 Å². The Hall–Kier alpha value is -6.43. The maximum Gasteiger partial charge on any atom is 0.352 e. The summed E-state index contributed by atoms with van der Waals surface area (Å²) in [5.74, 6) is 1.24. The number of benzene rings is 2. The maximum absolute atomic E-state index is 13.4. The minimum atomic E-state index is -2.12. The molecule has 2 aromatic carbocycles. The van der Waals surface area contributed by atoms with Gasteiger partial charge in [0.15, 0.2) is 0 Å². The monoisotopic (exact) mass is 701 g/mol. The molecule has 0 bridgehead atoms. The first-order valence-corrected chi connectivity index (χ1v) is 15.4. The summed E-state index contributed by atoms with van der Waals surface area (Å²) in [6.45, 7) is 4.67. The fraction of sp³-hybridized carbons (Fsp3) is 0.306. The van der Waals surface area contributed by atoms with Crippen molar-refractivity contribution < 1.29 is 57.6 Å². The molecule has 0 aliphatic carbocycles. The summed E-state index contributed by atoms with van der Waals surface area (Å²) in [5, 5.41) is 12.1. The van der Waals surface area contributed by atoms with E-state index in [9.17, 15) is 33.9 Å². The zero-order valence-electron chi connectivity index (χ0n) is 28.3. The highest BCUT2D eigenvalue weighted by Gasteiger charge is 2.41. The molecule has 3 aromatic rings. The van der Waals surface area contributed by atoms with E-state index in [0.29, 0.717) is 28.5 Å². The van der Waals surface area contributed by atoms with E-state index in [2.05, 4.69) is 26.9 Å². The first-order chi connectivity index (χ1) is 24.1. The summed E-state index contributed by atoms with van der Waals surface area (Å²) in [6.07, 6.45) is -2.74. The van der Waals surface area contributed by atoms with E-state index in [0.717, 1.165) is 13.8 Å². The molecule has 0 unspecified atom stereocenters. The number of nitrogens with one attached hydrogen (secondary N) is 1. The standard InChI is InChI=1S/C36H35N3O12/c1-21(40)49-30(34(44)45)31(50-22(2)41)35(46)48-20-36(3,4)15-13-23-11-12-29-28(17-23)39(5)33(43)27(19-47-29)38-32(42)26-18-25(14-16-37-26)51-24-9-7-6-8-10-24/h6-12,14,16-18,27,30-31H,19-20H2,1-5H3,(H,38,42)(H,44,45)/t27-,30+,31+/m0/s1. The summed E-state index contributed by atoms with van der Waals surface area (Å²) >= 11 is 0. The fourth-order valence-corrected chi connectivity index (χ4v) is 4.58. The number of ether oxygens (including phenoxy) is 5. The molecule has 51 heavy (non-hydrogen) atoms. The van der Waals surface area contributed by atoms with Crippen LogP contribution < -0.4 is 19.7 Å². The third-order valence-electron chi connectivity index (χ3n) is 7.06. The number of aromatic nitrogens is 1. The van der Waals surface area contributed by atoms with Crippen LogP contribution in [0.4, 0.5) is 5.69 Å². The van der Waals surface area contributed by atoms with Crippen LogP contribution in [0.1, 0.15) is 43.7 Å². The molecule has 1 aliphatic heterocycles. The van der Waals surface area contributed by atoms with Crippen molar-refractivity contribution in [2.45, 2.75) is 45.9 Å². The summed E-state index contributed by atoms with van der Waals surface area (Å²) < 4.78 is 26.4. The van der Waals surface area contributed by atoms with Crippen molar-refractivity contribution in [2.24, 2.45) is 5.41 Å². The number of nitrogens with zero attached hydrogens (tertiary/aromatic N) is 2. The Labute approximate surface area is 292 Å². The fourth-order valence-electron chi connectivity index (χ4n) is 4.58. The predicted molar refractivity (Wildman–Crippen MR) is 178 cm³/mol. The Kier molecular flexibility index (Phi) is 12.0. The quantitative estimate of drug-likeness (QED) is 0.168. The molecule has 266 valence electrons. The van der Waals surface area contributed by atoms with E-state index in [4.69, 9.17) is 18.9 Å². The van der Waals surface area contributed by atoms with Crippen LogP contribution in [0.2, 0.25) is 0 Å². The van der Waals surface area contributed by atoms with Gasteiger partial charge in [0.2, 0.25) is 12.2 Å². The number of rotatable bonds is 11. The van der Waals surface area contributed by atoms with Crippen molar-refractivity contribution in [3.05, 3.63) is 78.1 Å². The average molecular weight is 702 g/mol. The van der Waals surface area contributed by atoms with Crippen molar-refractivity contribution in [2.75, 3.05) is 25.2 Å². The van der Waals surface area contributed by atoms with Crippen LogP contribution in [0.25, 0.3) is 0 Å². The number of hydrogen-bond acceptors (Lipinski definition) is 12. The Morgan fingerprint density at radius 2 is 1.69 bits per heavy atom. The number of carbonyl (C=O) groups excluding carboxylic acids is 5. The van der Waals surface area contributed by atoms with E-state index < -0.39 is 59.4 Å². The second-order valence-electron chi connectivity index (χ2n) is 11.8. The van der Waals surface area contributed by atoms with Crippen LogP contribution in [0, 0.1) is 17.3 Å². The van der Waals surface area contributed by atoms with Gasteiger partial charge in [0, 0.05) is 38.7 Å². The Balaban J connectivity index is 1.42. The molecule has 0 fully saturated rings. The number of hydrogen-bond donors (Lipinski definition) is 2. The largest absolute Gasteiger partial charge is 0.489 e. The van der Waals surface area contributed by atoms with Crippen molar-refractivity contribution in [3.8, 4) is 29.1 Å². The molecule has 0 saturated carbocycles. The van der Waals surface area contributed by atoms with Crippen molar-refractivity contribution in [1.82, 2.24) is 10.3 Å². The van der Waals surface area contributed by atoms with E-state index in [-0.39, 0.29) is 18.9 Å². The molecule has 0 saturated heterocycles. The molecule has 4 rings (SSSR count). The molecule has 15 heteroatoms. The second-order valence-corrected chi connectivity index (χ2v) is 11.8. The van der Waals surface area contributed by atoms with E-state index >= 15 is 0 Å². The topological polar surface area (TPSA) is 197 Å². The Bertz CT molecular complexity index is 1880. The van der Waals surface area contributed by atoms with Crippen LogP contribution in [-0.4, -0.2) is 84.3 Å². The summed E-state index contributed by atoms with van der Waals surface area (Å²) in [4.78, 5) is 79.3. The number of carbonyl (C=O) groups is 6. The van der Waals surface area contributed by atoms with Crippen LogP contribution in [0.3, 0.4) is 0 Å². The molecule has 2 amide bonds. The van der Waals surface area contributed by atoms with Gasteiger partial charge in [-0.3, -0.25) is 24.2 Å². The maximum atomic E-state index is 13.4. The molecule has 0 radical (unpaired) electrons. The van der Waals surface area contributed by atoms with Gasteiger partial charge in [0.1, 0.15) is 42.2 Å². The van der Waals surface area contributed by atoms with E-state index in [1.807, 2.05) is 18.2 Å². The van der Waals surface area contributed by atoms with Crippen LogP contribution in [0.15, 0.2) is 66.9 Å². The second kappa shape index (κ2) is 16.3. The molecular formula is C36H35N3O12. The summed E-state index contributed by atoms with van der Waals surface area (Å²) in [5.41, 5.74) is -0.107. The van der Waals surface area contributed by atoms with Crippen molar-refractivity contribution in [1.29, 1.82) is 0 Å². The molecule has 1 aromatic heterocycles. The van der Waals surface area contributed by atoms with Gasteiger partial charge in [0.05, 0.1) is 11.1 Å². The number of pyridine rings is 1. The number of aliphatic carboxylic acids is 1. The number of para-hydroxylation sites is 1. The Morgan fingerprint density at radius 1 is 1.00 bits per heavy atom. The van der Waals surface area contributed by atoms with Gasteiger partial charge in [-0.05, 0) is 50.2 Å². The molecule has 15 nitrogen and oxygen atoms in total. The molecule has 3 atom stereocenters. The zero-order valence-corrected chi connectivity index (χ0v) is 28.3.